The van der Waals surface area contributed by atoms with Crippen LogP contribution in [0.4, 0.5) is 0 Å². The summed E-state index contributed by atoms with van der Waals surface area (Å²) in [5.41, 5.74) is 3.14. The number of carbonyl (C=O) groups excluding carboxylic acids is 2. The van der Waals surface area contributed by atoms with E-state index in [4.69, 9.17) is 14.2 Å². The lowest BCUT2D eigenvalue weighted by molar-refractivity contribution is -0.144. The minimum Gasteiger partial charge on any atom is -0.493 e. The number of esters is 1. The molecule has 0 aliphatic heterocycles. The Balaban J connectivity index is 1.50. The second kappa shape index (κ2) is 11.0. The van der Waals surface area contributed by atoms with Crippen molar-refractivity contribution in [1.29, 1.82) is 0 Å². The fourth-order valence-corrected chi connectivity index (χ4v) is 3.54. The summed E-state index contributed by atoms with van der Waals surface area (Å²) in [7, 11) is 1.54. The van der Waals surface area contributed by atoms with Crippen LogP contribution in [0.2, 0.25) is 0 Å². The molecule has 0 aromatic heterocycles. The molecule has 0 radical (unpaired) electrons. The molecule has 1 N–H and O–H groups in total. The Kier molecular flexibility index (Phi) is 7.87. The minimum atomic E-state index is -0.592. The Morgan fingerprint density at radius 3 is 2.84 bits per heavy atom. The third kappa shape index (κ3) is 6.22. The summed E-state index contributed by atoms with van der Waals surface area (Å²) in [5.74, 6) is 0.228. The number of hydrogen-bond acceptors (Lipinski definition) is 5. The van der Waals surface area contributed by atoms with Gasteiger partial charge in [0.2, 0.25) is 0 Å². The Morgan fingerprint density at radius 1 is 1.19 bits per heavy atom. The fourth-order valence-electron chi connectivity index (χ4n) is 3.54. The van der Waals surface area contributed by atoms with Gasteiger partial charge in [0.15, 0.2) is 18.1 Å². The van der Waals surface area contributed by atoms with Gasteiger partial charge in [0.1, 0.15) is 6.61 Å². The first-order valence-corrected chi connectivity index (χ1v) is 10.2. The lowest BCUT2D eigenvalue weighted by atomic mass is 9.88. The van der Waals surface area contributed by atoms with Crippen molar-refractivity contribution in [1.82, 2.24) is 5.32 Å². The van der Waals surface area contributed by atoms with Crippen molar-refractivity contribution in [3.8, 4) is 11.5 Å². The van der Waals surface area contributed by atoms with Gasteiger partial charge in [-0.2, -0.15) is 0 Å². The third-order valence-corrected chi connectivity index (χ3v) is 5.01. The number of fused-ring (bicyclic) bond motifs is 1. The zero-order chi connectivity index (χ0) is 22.1. The molecular formula is C25H27NO5. The standard InChI is InChI=1S/C25H27NO5/c1-3-15-30-22-13-11-18(16-23(22)29-2)12-14-25(28)31-17-24(27)26-21-10-6-8-19-7-4-5-9-20(19)21/h3-5,7,9,11-14,16,21H,1,6,8,10,15,17H2,2H3,(H,26,27)/b14-12+/t21-/m1/s1. The molecule has 31 heavy (non-hydrogen) atoms. The second-order valence-electron chi connectivity index (χ2n) is 7.16. The van der Waals surface area contributed by atoms with Crippen molar-refractivity contribution in [3.63, 3.8) is 0 Å². The summed E-state index contributed by atoms with van der Waals surface area (Å²) in [6.45, 7) is 3.66. The van der Waals surface area contributed by atoms with Gasteiger partial charge in [0, 0.05) is 6.08 Å². The molecule has 1 amide bonds. The second-order valence-corrected chi connectivity index (χ2v) is 7.16. The maximum absolute atomic E-state index is 12.3. The van der Waals surface area contributed by atoms with Crippen LogP contribution < -0.4 is 14.8 Å². The number of ether oxygens (including phenoxy) is 3. The predicted molar refractivity (Wildman–Crippen MR) is 119 cm³/mol. The smallest absolute Gasteiger partial charge is 0.331 e. The summed E-state index contributed by atoms with van der Waals surface area (Å²) in [5, 5.41) is 2.96. The van der Waals surface area contributed by atoms with Crippen molar-refractivity contribution in [2.24, 2.45) is 0 Å². The maximum atomic E-state index is 12.3. The number of nitrogens with one attached hydrogen (secondary N) is 1. The van der Waals surface area contributed by atoms with Crippen molar-refractivity contribution >= 4 is 18.0 Å². The van der Waals surface area contributed by atoms with Gasteiger partial charge in [-0.1, -0.05) is 43.0 Å². The van der Waals surface area contributed by atoms with Crippen LogP contribution in [-0.4, -0.2) is 32.2 Å². The average molecular weight is 421 g/mol. The highest BCUT2D eigenvalue weighted by molar-refractivity contribution is 5.89. The van der Waals surface area contributed by atoms with Gasteiger partial charge in [0.05, 0.1) is 13.2 Å². The summed E-state index contributed by atoms with van der Waals surface area (Å²) >= 11 is 0. The molecule has 1 aliphatic rings. The van der Waals surface area contributed by atoms with Crippen molar-refractivity contribution < 1.29 is 23.8 Å². The molecule has 3 rings (SSSR count). The summed E-state index contributed by atoms with van der Waals surface area (Å²) in [4.78, 5) is 24.3. The number of rotatable bonds is 9. The molecule has 6 heteroatoms. The van der Waals surface area contributed by atoms with Crippen LogP contribution in [0, 0.1) is 0 Å². The largest absolute Gasteiger partial charge is 0.493 e. The van der Waals surface area contributed by atoms with Crippen LogP contribution in [-0.2, 0) is 20.7 Å². The number of aryl methyl sites for hydroxylation is 1. The molecule has 0 unspecified atom stereocenters. The average Bonchev–Trinajstić information content (AvgIpc) is 2.80. The zero-order valence-electron chi connectivity index (χ0n) is 17.6. The number of methoxy groups -OCH3 is 1. The third-order valence-electron chi connectivity index (χ3n) is 5.01. The molecule has 0 saturated heterocycles. The Hall–Kier alpha value is -3.54. The fraction of sp³-hybridized carbons (Fsp3) is 0.280. The number of hydrogen-bond donors (Lipinski definition) is 1. The first-order chi connectivity index (χ1) is 15.1. The molecule has 2 aromatic rings. The quantitative estimate of drug-likeness (QED) is 0.376. The van der Waals surface area contributed by atoms with Crippen molar-refractivity contribution in [2.75, 3.05) is 20.3 Å². The Labute approximate surface area is 182 Å². The highest BCUT2D eigenvalue weighted by Gasteiger charge is 2.21. The normalized spacial score (nSPS) is 15.1. The van der Waals surface area contributed by atoms with Gasteiger partial charge in [0.25, 0.3) is 5.91 Å². The Morgan fingerprint density at radius 2 is 2.03 bits per heavy atom. The van der Waals surface area contributed by atoms with Crippen LogP contribution in [0.5, 0.6) is 11.5 Å². The molecule has 1 aliphatic carbocycles. The van der Waals surface area contributed by atoms with Gasteiger partial charge in [-0.15, -0.1) is 0 Å². The van der Waals surface area contributed by atoms with Crippen LogP contribution in [0.25, 0.3) is 6.08 Å². The van der Waals surface area contributed by atoms with Gasteiger partial charge in [-0.05, 0) is 54.2 Å². The van der Waals surface area contributed by atoms with Crippen molar-refractivity contribution in [3.05, 3.63) is 77.9 Å². The minimum absolute atomic E-state index is 0.0408. The lowest BCUT2D eigenvalue weighted by Gasteiger charge is -2.26. The van der Waals surface area contributed by atoms with E-state index in [1.807, 2.05) is 18.2 Å². The van der Waals surface area contributed by atoms with E-state index < -0.39 is 5.97 Å². The molecule has 0 heterocycles. The molecular weight excluding hydrogens is 394 g/mol. The molecule has 0 bridgehead atoms. The number of carbonyl (C=O) groups is 2. The molecule has 2 aromatic carbocycles. The van der Waals surface area contributed by atoms with Crippen molar-refractivity contribution in [2.45, 2.75) is 25.3 Å². The Bertz CT molecular complexity index is 966. The molecule has 162 valence electrons. The topological polar surface area (TPSA) is 73.9 Å². The predicted octanol–water partition coefficient (Wildman–Crippen LogP) is 4.01. The van der Waals surface area contributed by atoms with E-state index in [1.54, 1.807) is 37.5 Å². The van der Waals surface area contributed by atoms with E-state index in [1.165, 1.54) is 11.6 Å². The first-order valence-electron chi connectivity index (χ1n) is 10.2. The SMILES string of the molecule is C=CCOc1ccc(/C=C/C(=O)OCC(=O)N[C@@H]2CCCc3ccccc32)cc1OC. The molecule has 0 fully saturated rings. The number of amides is 1. The number of benzene rings is 2. The summed E-state index contributed by atoms with van der Waals surface area (Å²) < 4.78 is 15.9. The summed E-state index contributed by atoms with van der Waals surface area (Å²) in [6, 6.07) is 13.4. The zero-order valence-corrected chi connectivity index (χ0v) is 17.6. The van der Waals surface area contributed by atoms with E-state index >= 15 is 0 Å². The summed E-state index contributed by atoms with van der Waals surface area (Å²) in [6.07, 6.45) is 7.44. The van der Waals surface area contributed by atoms with E-state index in [0.717, 1.165) is 30.4 Å². The van der Waals surface area contributed by atoms with E-state index in [9.17, 15) is 9.59 Å². The van der Waals surface area contributed by atoms with Gasteiger partial charge in [-0.25, -0.2) is 4.79 Å². The molecule has 0 spiro atoms. The molecule has 6 nitrogen and oxygen atoms in total. The van der Waals surface area contributed by atoms with E-state index in [-0.39, 0.29) is 18.6 Å². The molecule has 0 saturated carbocycles. The van der Waals surface area contributed by atoms with E-state index in [0.29, 0.717) is 18.1 Å². The van der Waals surface area contributed by atoms with Crippen LogP contribution in [0.1, 0.15) is 35.6 Å². The van der Waals surface area contributed by atoms with Gasteiger partial charge < -0.3 is 19.5 Å². The van der Waals surface area contributed by atoms with Gasteiger partial charge in [-0.3, -0.25) is 4.79 Å². The maximum Gasteiger partial charge on any atom is 0.331 e. The van der Waals surface area contributed by atoms with Crippen LogP contribution in [0.15, 0.2) is 61.2 Å². The lowest BCUT2D eigenvalue weighted by Crippen LogP contribution is -2.34. The van der Waals surface area contributed by atoms with Crippen LogP contribution in [0.3, 0.4) is 0 Å². The van der Waals surface area contributed by atoms with Crippen LogP contribution >= 0.6 is 0 Å². The molecule has 1 atom stereocenters. The highest BCUT2D eigenvalue weighted by Crippen LogP contribution is 2.30. The van der Waals surface area contributed by atoms with E-state index in [2.05, 4.69) is 18.0 Å². The highest BCUT2D eigenvalue weighted by atomic mass is 16.5. The monoisotopic (exact) mass is 421 g/mol. The van der Waals surface area contributed by atoms with Gasteiger partial charge >= 0.3 is 5.97 Å². The first kappa shape index (κ1) is 22.2.